The smallest absolute Gasteiger partial charge is 0.0393 e. The topological polar surface area (TPSA) is 26.0 Å². The zero-order valence-corrected chi connectivity index (χ0v) is 11.5. The third kappa shape index (κ3) is 2.19. The minimum Gasteiger partial charge on any atom is -0.323 e. The lowest BCUT2D eigenvalue weighted by atomic mass is 9.84. The minimum atomic E-state index is 0.112. The van der Waals surface area contributed by atoms with Gasteiger partial charge in [0.2, 0.25) is 0 Å². The first-order chi connectivity index (χ1) is 9.26. The van der Waals surface area contributed by atoms with Crippen molar-refractivity contribution in [3.8, 4) is 0 Å². The van der Waals surface area contributed by atoms with Crippen LogP contribution in [0.3, 0.4) is 0 Å². The lowest BCUT2D eigenvalue weighted by molar-refractivity contribution is 0.541. The van der Waals surface area contributed by atoms with Crippen LogP contribution >= 0.6 is 0 Å². The van der Waals surface area contributed by atoms with Gasteiger partial charge in [0.25, 0.3) is 0 Å². The molecule has 1 heteroatoms. The first-order valence-corrected chi connectivity index (χ1v) is 7.16. The molecule has 1 aliphatic carbocycles. The Morgan fingerprint density at radius 2 is 1.63 bits per heavy atom. The molecule has 0 radical (unpaired) electrons. The van der Waals surface area contributed by atoms with Crippen LogP contribution in [0, 0.1) is 0 Å². The van der Waals surface area contributed by atoms with E-state index < -0.39 is 0 Å². The highest BCUT2D eigenvalue weighted by atomic mass is 14.7. The Morgan fingerprint density at radius 1 is 1.00 bits per heavy atom. The molecule has 1 aliphatic rings. The minimum absolute atomic E-state index is 0.112. The Bertz CT molecular complexity index is 538. The summed E-state index contributed by atoms with van der Waals surface area (Å²) in [4.78, 5) is 0. The van der Waals surface area contributed by atoms with Gasteiger partial charge in [-0.3, -0.25) is 0 Å². The summed E-state index contributed by atoms with van der Waals surface area (Å²) in [6.45, 7) is 2.18. The molecule has 1 unspecified atom stereocenters. The Labute approximate surface area is 115 Å². The summed E-state index contributed by atoms with van der Waals surface area (Å²) in [7, 11) is 0. The summed E-state index contributed by atoms with van der Waals surface area (Å²) >= 11 is 0. The number of nitrogens with two attached hydrogens (primary N) is 1. The average Bonchev–Trinajstić information content (AvgIpc) is 3.29. The number of rotatable bonds is 4. The first kappa shape index (κ1) is 12.4. The van der Waals surface area contributed by atoms with Gasteiger partial charge in [-0.1, -0.05) is 61.5 Å². The van der Waals surface area contributed by atoms with Crippen molar-refractivity contribution in [3.05, 3.63) is 71.3 Å². The fourth-order valence-electron chi connectivity index (χ4n) is 2.96. The second kappa shape index (κ2) is 4.82. The van der Waals surface area contributed by atoms with E-state index in [1.807, 2.05) is 0 Å². The maximum absolute atomic E-state index is 6.56. The molecule has 2 aromatic carbocycles. The molecular formula is C18H21N. The summed E-state index contributed by atoms with van der Waals surface area (Å²) < 4.78 is 0. The molecule has 0 bridgehead atoms. The fourth-order valence-corrected chi connectivity index (χ4v) is 2.96. The molecule has 0 amide bonds. The van der Waals surface area contributed by atoms with Crippen LogP contribution in [0.1, 0.15) is 42.5 Å². The van der Waals surface area contributed by atoms with Gasteiger partial charge < -0.3 is 5.73 Å². The van der Waals surface area contributed by atoms with Crippen molar-refractivity contribution >= 4 is 0 Å². The van der Waals surface area contributed by atoms with E-state index in [0.717, 1.165) is 6.42 Å². The number of aryl methyl sites for hydroxylation is 1. The monoisotopic (exact) mass is 251 g/mol. The fraction of sp³-hybridized carbons (Fsp3) is 0.333. The first-order valence-electron chi connectivity index (χ1n) is 7.16. The molecule has 3 rings (SSSR count). The van der Waals surface area contributed by atoms with Crippen LogP contribution in [-0.4, -0.2) is 0 Å². The van der Waals surface area contributed by atoms with Gasteiger partial charge in [0, 0.05) is 11.5 Å². The normalized spacial score (nSPS) is 18.0. The van der Waals surface area contributed by atoms with Gasteiger partial charge in [0.15, 0.2) is 0 Å². The molecule has 2 aromatic rings. The highest BCUT2D eigenvalue weighted by molar-refractivity contribution is 5.38. The highest BCUT2D eigenvalue weighted by Crippen LogP contribution is 2.55. The largest absolute Gasteiger partial charge is 0.323 e. The average molecular weight is 251 g/mol. The van der Waals surface area contributed by atoms with Gasteiger partial charge in [-0.2, -0.15) is 0 Å². The standard InChI is InChI=1S/C18H21N/c1-2-14-8-10-15(11-9-14)17(19)18(12-13-18)16-6-4-3-5-7-16/h3-11,17H,2,12-13,19H2,1H3. The summed E-state index contributed by atoms with van der Waals surface area (Å²) in [6.07, 6.45) is 3.49. The maximum atomic E-state index is 6.56. The van der Waals surface area contributed by atoms with Crippen LogP contribution in [0.15, 0.2) is 54.6 Å². The van der Waals surface area contributed by atoms with Gasteiger partial charge in [-0.25, -0.2) is 0 Å². The van der Waals surface area contributed by atoms with Gasteiger partial charge in [0.05, 0.1) is 0 Å². The van der Waals surface area contributed by atoms with E-state index in [1.165, 1.54) is 29.5 Å². The third-order valence-electron chi connectivity index (χ3n) is 4.48. The van der Waals surface area contributed by atoms with E-state index in [2.05, 4.69) is 61.5 Å². The van der Waals surface area contributed by atoms with Crippen molar-refractivity contribution in [3.63, 3.8) is 0 Å². The van der Waals surface area contributed by atoms with E-state index in [9.17, 15) is 0 Å². The van der Waals surface area contributed by atoms with Crippen molar-refractivity contribution in [2.24, 2.45) is 5.73 Å². The Hall–Kier alpha value is -1.60. The van der Waals surface area contributed by atoms with Gasteiger partial charge in [-0.05, 0) is 36.0 Å². The van der Waals surface area contributed by atoms with Crippen molar-refractivity contribution in [1.29, 1.82) is 0 Å². The Kier molecular flexibility index (Phi) is 3.16. The third-order valence-corrected chi connectivity index (χ3v) is 4.48. The van der Waals surface area contributed by atoms with E-state index in [-0.39, 0.29) is 11.5 Å². The molecule has 1 atom stereocenters. The van der Waals surface area contributed by atoms with Crippen molar-refractivity contribution < 1.29 is 0 Å². The summed E-state index contributed by atoms with van der Waals surface area (Å²) in [5, 5.41) is 0. The molecular weight excluding hydrogens is 230 g/mol. The molecule has 98 valence electrons. The predicted octanol–water partition coefficient (Wildman–Crippen LogP) is 3.98. The summed E-state index contributed by atoms with van der Waals surface area (Å²) in [5.74, 6) is 0. The van der Waals surface area contributed by atoms with Crippen LogP contribution in [0.5, 0.6) is 0 Å². The van der Waals surface area contributed by atoms with E-state index in [4.69, 9.17) is 5.73 Å². The van der Waals surface area contributed by atoms with Crippen molar-refractivity contribution in [1.82, 2.24) is 0 Å². The molecule has 19 heavy (non-hydrogen) atoms. The second-order valence-corrected chi connectivity index (χ2v) is 5.59. The van der Waals surface area contributed by atoms with Crippen LogP contribution in [0.2, 0.25) is 0 Å². The highest BCUT2D eigenvalue weighted by Gasteiger charge is 2.49. The van der Waals surface area contributed by atoms with Gasteiger partial charge in [-0.15, -0.1) is 0 Å². The molecule has 1 fully saturated rings. The van der Waals surface area contributed by atoms with Crippen molar-refractivity contribution in [2.45, 2.75) is 37.6 Å². The number of hydrogen-bond acceptors (Lipinski definition) is 1. The molecule has 0 heterocycles. The predicted molar refractivity (Wildman–Crippen MR) is 80.1 cm³/mol. The lowest BCUT2D eigenvalue weighted by Crippen LogP contribution is -2.26. The second-order valence-electron chi connectivity index (χ2n) is 5.59. The van der Waals surface area contributed by atoms with E-state index in [0.29, 0.717) is 0 Å². The van der Waals surface area contributed by atoms with E-state index in [1.54, 1.807) is 0 Å². The Morgan fingerprint density at radius 3 is 2.16 bits per heavy atom. The van der Waals surface area contributed by atoms with Gasteiger partial charge in [0.1, 0.15) is 0 Å². The zero-order chi connectivity index (χ0) is 13.3. The lowest BCUT2D eigenvalue weighted by Gasteiger charge is -2.24. The van der Waals surface area contributed by atoms with Crippen LogP contribution in [0.4, 0.5) is 0 Å². The summed E-state index contributed by atoms with van der Waals surface area (Å²) in [6, 6.07) is 19.7. The molecule has 0 aliphatic heterocycles. The van der Waals surface area contributed by atoms with Gasteiger partial charge >= 0.3 is 0 Å². The maximum Gasteiger partial charge on any atom is 0.0393 e. The summed E-state index contributed by atoms with van der Waals surface area (Å²) in [5.41, 5.74) is 10.8. The molecule has 0 aromatic heterocycles. The number of hydrogen-bond donors (Lipinski definition) is 1. The zero-order valence-electron chi connectivity index (χ0n) is 11.5. The van der Waals surface area contributed by atoms with E-state index >= 15 is 0 Å². The molecule has 2 N–H and O–H groups in total. The molecule has 1 saturated carbocycles. The molecule has 0 saturated heterocycles. The molecule has 1 nitrogen and oxygen atoms in total. The van der Waals surface area contributed by atoms with Crippen LogP contribution in [0.25, 0.3) is 0 Å². The number of benzene rings is 2. The molecule has 0 spiro atoms. The Balaban J connectivity index is 1.89. The SMILES string of the molecule is CCc1ccc(C(N)C2(c3ccccc3)CC2)cc1. The van der Waals surface area contributed by atoms with Crippen LogP contribution < -0.4 is 5.73 Å². The van der Waals surface area contributed by atoms with Crippen LogP contribution in [-0.2, 0) is 11.8 Å². The quantitative estimate of drug-likeness (QED) is 0.874. The van der Waals surface area contributed by atoms with Crippen molar-refractivity contribution in [2.75, 3.05) is 0 Å².